The average Bonchev–Trinajstić information content (AvgIpc) is 3.19. The number of hydrogen-bond donors (Lipinski definition) is 0. The van der Waals surface area contributed by atoms with Crippen LogP contribution in [0.1, 0.15) is 50.8 Å². The fourth-order valence-corrected chi connectivity index (χ4v) is 5.81. The Labute approximate surface area is 234 Å². The zero-order chi connectivity index (χ0) is 27.4. The Bertz CT molecular complexity index is 1570. The van der Waals surface area contributed by atoms with Crippen molar-refractivity contribution < 1.29 is 19.0 Å². The van der Waals surface area contributed by atoms with Gasteiger partial charge in [0.1, 0.15) is 17.5 Å². The highest BCUT2D eigenvalue weighted by Crippen LogP contribution is 2.38. The predicted molar refractivity (Wildman–Crippen MR) is 150 cm³/mol. The Balaban J connectivity index is 2.00. The lowest BCUT2D eigenvalue weighted by Gasteiger charge is -2.27. The van der Waals surface area contributed by atoms with E-state index in [0.29, 0.717) is 60.7 Å². The first-order valence-electron chi connectivity index (χ1n) is 12.3. The molecule has 3 aromatic rings. The van der Waals surface area contributed by atoms with Crippen molar-refractivity contribution in [1.82, 2.24) is 4.57 Å². The molecule has 2 heterocycles. The van der Waals surface area contributed by atoms with Crippen molar-refractivity contribution >= 4 is 46.6 Å². The van der Waals surface area contributed by atoms with E-state index in [0.717, 1.165) is 12.0 Å². The third kappa shape index (κ3) is 5.53. The van der Waals surface area contributed by atoms with Crippen molar-refractivity contribution in [2.24, 2.45) is 4.99 Å². The van der Waals surface area contributed by atoms with Gasteiger partial charge < -0.3 is 14.2 Å². The van der Waals surface area contributed by atoms with Crippen LogP contribution in [-0.2, 0) is 9.53 Å². The minimum Gasteiger partial charge on any atom is -0.496 e. The zero-order valence-electron chi connectivity index (χ0n) is 21.5. The molecule has 0 radical (unpaired) electrons. The number of hydrogen-bond acceptors (Lipinski definition) is 7. The SMILES string of the molecule is CCCC1=C(C(=O)OCC)[C@H](c2cc(Cl)ccc2OC)n2c(s/c(=C/c3ccc(OCC)c(Cl)c3)c2=O)=N1. The van der Waals surface area contributed by atoms with Crippen LogP contribution in [0.25, 0.3) is 6.08 Å². The molecular formula is C28H28Cl2N2O5S. The van der Waals surface area contributed by atoms with Crippen LogP contribution in [0.4, 0.5) is 0 Å². The van der Waals surface area contributed by atoms with Crippen LogP contribution in [0.5, 0.6) is 11.5 Å². The van der Waals surface area contributed by atoms with Gasteiger partial charge in [0, 0.05) is 10.6 Å². The summed E-state index contributed by atoms with van der Waals surface area (Å²) in [5.74, 6) is 0.537. The van der Waals surface area contributed by atoms with Crippen LogP contribution in [0.15, 0.2) is 57.5 Å². The second-order valence-electron chi connectivity index (χ2n) is 8.42. The summed E-state index contributed by atoms with van der Waals surface area (Å²) in [5.41, 5.74) is 1.89. The lowest BCUT2D eigenvalue weighted by atomic mass is 9.93. The third-order valence-corrected chi connectivity index (χ3v) is 7.45. The van der Waals surface area contributed by atoms with Gasteiger partial charge >= 0.3 is 5.97 Å². The minimum atomic E-state index is -0.827. The van der Waals surface area contributed by atoms with E-state index in [2.05, 4.69) is 0 Å². The molecule has 38 heavy (non-hydrogen) atoms. The zero-order valence-corrected chi connectivity index (χ0v) is 23.9. The Hall–Kier alpha value is -3.07. The summed E-state index contributed by atoms with van der Waals surface area (Å²) >= 11 is 14.0. The van der Waals surface area contributed by atoms with E-state index in [4.69, 9.17) is 42.4 Å². The maximum atomic E-state index is 13.9. The molecule has 4 rings (SSSR count). The number of rotatable bonds is 9. The number of halogens is 2. The first-order chi connectivity index (χ1) is 18.3. The van der Waals surface area contributed by atoms with E-state index >= 15 is 0 Å². The Kier molecular flexibility index (Phi) is 8.97. The van der Waals surface area contributed by atoms with Gasteiger partial charge in [-0.2, -0.15) is 0 Å². The van der Waals surface area contributed by atoms with Crippen molar-refractivity contribution in [3.63, 3.8) is 0 Å². The molecule has 0 aliphatic carbocycles. The quantitative estimate of drug-likeness (QED) is 0.324. The van der Waals surface area contributed by atoms with Gasteiger partial charge in [0.05, 0.1) is 41.1 Å². The predicted octanol–water partition coefficient (Wildman–Crippen LogP) is 5.29. The van der Waals surface area contributed by atoms with Crippen molar-refractivity contribution in [3.8, 4) is 11.5 Å². The van der Waals surface area contributed by atoms with Gasteiger partial charge in [-0.05, 0) is 62.2 Å². The monoisotopic (exact) mass is 574 g/mol. The summed E-state index contributed by atoms with van der Waals surface area (Å²) in [6.45, 7) is 6.31. The second-order valence-corrected chi connectivity index (χ2v) is 10.3. The van der Waals surface area contributed by atoms with E-state index in [-0.39, 0.29) is 12.2 Å². The van der Waals surface area contributed by atoms with E-state index < -0.39 is 12.0 Å². The molecule has 2 aromatic carbocycles. The Morgan fingerprint density at radius 2 is 1.87 bits per heavy atom. The van der Waals surface area contributed by atoms with E-state index in [9.17, 15) is 9.59 Å². The summed E-state index contributed by atoms with van der Waals surface area (Å²) in [7, 11) is 1.53. The van der Waals surface area contributed by atoms with E-state index in [1.54, 1.807) is 43.3 Å². The summed E-state index contributed by atoms with van der Waals surface area (Å²) < 4.78 is 18.5. The molecule has 0 unspecified atom stereocenters. The number of aromatic nitrogens is 1. The molecule has 0 fully saturated rings. The third-order valence-electron chi connectivity index (χ3n) is 5.93. The summed E-state index contributed by atoms with van der Waals surface area (Å²) in [6, 6.07) is 9.65. The highest BCUT2D eigenvalue weighted by Gasteiger charge is 2.36. The first-order valence-corrected chi connectivity index (χ1v) is 13.9. The van der Waals surface area contributed by atoms with Gasteiger partial charge in [-0.15, -0.1) is 0 Å². The average molecular weight is 576 g/mol. The van der Waals surface area contributed by atoms with Gasteiger partial charge in [-0.3, -0.25) is 9.36 Å². The lowest BCUT2D eigenvalue weighted by Crippen LogP contribution is -2.40. The molecule has 0 amide bonds. The topological polar surface area (TPSA) is 79.1 Å². The molecule has 1 aliphatic heterocycles. The number of thiazole rings is 1. The van der Waals surface area contributed by atoms with Crippen LogP contribution in [0.3, 0.4) is 0 Å². The van der Waals surface area contributed by atoms with Crippen LogP contribution in [0, 0.1) is 0 Å². The molecule has 0 bridgehead atoms. The van der Waals surface area contributed by atoms with E-state index in [1.165, 1.54) is 23.0 Å². The summed E-state index contributed by atoms with van der Waals surface area (Å²) in [4.78, 5) is 32.5. The number of ether oxygens (including phenoxy) is 3. The van der Waals surface area contributed by atoms with Gasteiger partial charge in [0.2, 0.25) is 0 Å². The van der Waals surface area contributed by atoms with E-state index in [1.807, 2.05) is 19.9 Å². The number of carbonyl (C=O) groups is 1. The number of fused-ring (bicyclic) bond motifs is 1. The summed E-state index contributed by atoms with van der Waals surface area (Å²) in [5, 5.41) is 0.897. The number of carbonyl (C=O) groups excluding carboxylic acids is 1. The minimum absolute atomic E-state index is 0.185. The number of allylic oxidation sites excluding steroid dienone is 1. The molecule has 1 aromatic heterocycles. The molecule has 0 saturated heterocycles. The molecule has 0 saturated carbocycles. The van der Waals surface area contributed by atoms with Crippen molar-refractivity contribution in [2.45, 2.75) is 39.7 Å². The fraction of sp³-hybridized carbons (Fsp3) is 0.321. The largest absolute Gasteiger partial charge is 0.496 e. The van der Waals surface area contributed by atoms with Gasteiger partial charge in [-0.25, -0.2) is 9.79 Å². The number of benzene rings is 2. The standard InChI is InChI=1S/C28H28Cl2N2O5S/c1-5-8-20-24(27(34)37-7-3)25(18-15-17(29)10-12-21(18)35-4)32-26(33)23(38-28(32)31-20)14-16-9-11-22(36-6-2)19(30)13-16/h9-15,25H,5-8H2,1-4H3/b23-14+/t25-/m0/s1. The van der Waals surface area contributed by atoms with Crippen LogP contribution in [-0.4, -0.2) is 30.9 Å². The molecule has 200 valence electrons. The van der Waals surface area contributed by atoms with Crippen LogP contribution < -0.4 is 24.4 Å². The highest BCUT2D eigenvalue weighted by atomic mass is 35.5. The van der Waals surface area contributed by atoms with Crippen LogP contribution >= 0.6 is 34.5 Å². The lowest BCUT2D eigenvalue weighted by molar-refractivity contribution is -0.139. The molecular weight excluding hydrogens is 547 g/mol. The van der Waals surface area contributed by atoms with Crippen LogP contribution in [0.2, 0.25) is 10.0 Å². The number of nitrogens with zero attached hydrogens (tertiary/aromatic N) is 2. The molecule has 1 atom stereocenters. The molecule has 0 N–H and O–H groups in total. The maximum Gasteiger partial charge on any atom is 0.338 e. The molecule has 1 aliphatic rings. The maximum absolute atomic E-state index is 13.9. The first kappa shape index (κ1) is 28.0. The number of esters is 1. The molecule has 7 nitrogen and oxygen atoms in total. The fourth-order valence-electron chi connectivity index (χ4n) is 4.36. The van der Waals surface area contributed by atoms with Gasteiger partial charge in [0.15, 0.2) is 4.80 Å². The number of methoxy groups -OCH3 is 1. The molecule has 10 heteroatoms. The normalized spacial score (nSPS) is 15.2. The van der Waals surface area contributed by atoms with Gasteiger partial charge in [-0.1, -0.05) is 53.9 Å². The smallest absolute Gasteiger partial charge is 0.338 e. The highest BCUT2D eigenvalue weighted by molar-refractivity contribution is 7.07. The summed E-state index contributed by atoms with van der Waals surface area (Å²) in [6.07, 6.45) is 3.04. The van der Waals surface area contributed by atoms with Gasteiger partial charge in [0.25, 0.3) is 5.56 Å². The molecule has 0 spiro atoms. The second kappa shape index (κ2) is 12.2. The van der Waals surface area contributed by atoms with Crippen molar-refractivity contribution in [3.05, 3.63) is 88.5 Å². The Morgan fingerprint density at radius 3 is 2.53 bits per heavy atom. The van der Waals surface area contributed by atoms with Crippen molar-refractivity contribution in [1.29, 1.82) is 0 Å². The van der Waals surface area contributed by atoms with Crippen molar-refractivity contribution in [2.75, 3.05) is 20.3 Å². The Morgan fingerprint density at radius 1 is 1.11 bits per heavy atom.